The van der Waals surface area contributed by atoms with Crippen molar-refractivity contribution in [2.45, 2.75) is 54.4 Å². The molecule has 2 N–H and O–H groups in total. The number of allylic oxidation sites excluding steroid dienone is 4. The van der Waals surface area contributed by atoms with Gasteiger partial charge in [0.1, 0.15) is 0 Å². The smallest absolute Gasteiger partial charge is 0.0462 e. The number of fused-ring (bicyclic) bond motifs is 1. The molecule has 0 heterocycles. The van der Waals surface area contributed by atoms with Crippen LogP contribution in [0.15, 0.2) is 238 Å². The first kappa shape index (κ1) is 52.1. The Labute approximate surface area is 392 Å². The first-order chi connectivity index (χ1) is 31.8. The summed E-state index contributed by atoms with van der Waals surface area (Å²) in [5.41, 5.74) is 17.4. The molecule has 0 saturated heterocycles. The first-order valence-corrected chi connectivity index (χ1v) is 22.8. The fourth-order valence-electron chi connectivity index (χ4n) is 6.67. The van der Waals surface area contributed by atoms with E-state index in [4.69, 9.17) is 0 Å². The molecule has 65 heavy (non-hydrogen) atoms. The number of nitrogens with zero attached hydrogens (tertiary/aromatic N) is 2. The molecule has 0 atom stereocenters. The molecule has 0 amide bonds. The zero-order chi connectivity index (χ0) is 47.2. The van der Waals surface area contributed by atoms with Crippen LogP contribution in [0.4, 0.5) is 28.4 Å². The van der Waals surface area contributed by atoms with E-state index >= 15 is 0 Å². The summed E-state index contributed by atoms with van der Waals surface area (Å²) < 4.78 is 0. The average Bonchev–Trinajstić information content (AvgIpc) is 3.37. The van der Waals surface area contributed by atoms with Gasteiger partial charge in [0.15, 0.2) is 0 Å². The van der Waals surface area contributed by atoms with Crippen LogP contribution >= 0.6 is 0 Å². The molecule has 0 fully saturated rings. The first-order valence-electron chi connectivity index (χ1n) is 22.8. The van der Waals surface area contributed by atoms with Crippen molar-refractivity contribution >= 4 is 39.2 Å². The normalized spacial score (nSPS) is 9.80. The Hall–Kier alpha value is -7.20. The van der Waals surface area contributed by atoms with Gasteiger partial charge in [-0.15, -0.1) is 6.58 Å². The molecule has 8 aromatic carbocycles. The van der Waals surface area contributed by atoms with E-state index in [1.807, 2.05) is 26.0 Å². The van der Waals surface area contributed by atoms with Gasteiger partial charge in [-0.05, 0) is 126 Å². The van der Waals surface area contributed by atoms with Crippen molar-refractivity contribution in [2.75, 3.05) is 23.9 Å². The zero-order valence-corrected chi connectivity index (χ0v) is 40.2. The van der Waals surface area contributed by atoms with E-state index < -0.39 is 0 Å². The van der Waals surface area contributed by atoms with Crippen molar-refractivity contribution in [2.24, 2.45) is 5.73 Å². The molecule has 0 radical (unpaired) electrons. The number of hydrogen-bond acceptors (Lipinski definition) is 3. The molecule has 0 saturated carbocycles. The summed E-state index contributed by atoms with van der Waals surface area (Å²) >= 11 is 0. The van der Waals surface area contributed by atoms with Crippen molar-refractivity contribution < 1.29 is 0 Å². The second-order valence-electron chi connectivity index (χ2n) is 14.9. The Morgan fingerprint density at radius 1 is 0.400 bits per heavy atom. The summed E-state index contributed by atoms with van der Waals surface area (Å²) in [5, 5.41) is 2.50. The van der Waals surface area contributed by atoms with Crippen LogP contribution in [0.25, 0.3) is 44.2 Å². The Bertz CT molecular complexity index is 2440. The molecule has 0 spiro atoms. The van der Waals surface area contributed by atoms with E-state index in [0.717, 1.165) is 22.7 Å². The van der Waals surface area contributed by atoms with E-state index in [0.29, 0.717) is 0 Å². The van der Waals surface area contributed by atoms with Crippen molar-refractivity contribution in [3.8, 4) is 33.4 Å². The summed E-state index contributed by atoms with van der Waals surface area (Å²) in [5.74, 6) is 0. The maximum absolute atomic E-state index is 4.50. The van der Waals surface area contributed by atoms with E-state index in [1.54, 1.807) is 12.2 Å². The van der Waals surface area contributed by atoms with Gasteiger partial charge in [0.2, 0.25) is 0 Å². The van der Waals surface area contributed by atoms with E-state index in [9.17, 15) is 0 Å². The average molecular weight is 858 g/mol. The lowest BCUT2D eigenvalue weighted by atomic mass is 10.0. The Morgan fingerprint density at radius 3 is 1.02 bits per heavy atom. The van der Waals surface area contributed by atoms with Crippen LogP contribution in [0.2, 0.25) is 0 Å². The standard InChI is InChI=1S/C47H36N2.C5H8.2C3H8.C3H6.CH5N/c1-48(47-33-24-37-14-8-9-15-42(37)34-47)43-25-16-40(17-26-43)41-22-31-46(32-23-41)49(44-27-18-38(19-28-44)35-10-4-2-5-11-35)45-29-20-39(21-30-45)36-12-6-3-7-13-36;1-3-5-4-2;3*1-3-2;1-2/h2-34H,1H3;3-5H,1H2,2H3;2*3H2,1-2H3;3H,1H2,2H3;2H2,1H3/b;5-4-;;;;. The zero-order valence-electron chi connectivity index (χ0n) is 40.2. The van der Waals surface area contributed by atoms with Gasteiger partial charge in [0, 0.05) is 35.5 Å². The molecule has 3 heteroatoms. The molecule has 0 aliphatic heterocycles. The van der Waals surface area contributed by atoms with Gasteiger partial charge in [-0.3, -0.25) is 0 Å². The van der Waals surface area contributed by atoms with E-state index in [1.165, 1.54) is 69.7 Å². The third-order valence-electron chi connectivity index (χ3n) is 9.63. The summed E-state index contributed by atoms with van der Waals surface area (Å²) in [6, 6.07) is 71.6. The molecule has 8 rings (SSSR count). The monoisotopic (exact) mass is 858 g/mol. The predicted octanol–water partition coefficient (Wildman–Crippen LogP) is 18.4. The molecule has 334 valence electrons. The third-order valence-corrected chi connectivity index (χ3v) is 9.63. The van der Waals surface area contributed by atoms with Gasteiger partial charge in [-0.25, -0.2) is 0 Å². The lowest BCUT2D eigenvalue weighted by Crippen LogP contribution is -2.10. The van der Waals surface area contributed by atoms with Gasteiger partial charge in [-0.2, -0.15) is 0 Å². The number of anilines is 5. The van der Waals surface area contributed by atoms with Gasteiger partial charge in [0.05, 0.1) is 0 Å². The molecule has 0 aromatic heterocycles. The lowest BCUT2D eigenvalue weighted by molar-refractivity contribution is 1.09. The number of nitrogens with two attached hydrogens (primary N) is 1. The van der Waals surface area contributed by atoms with Crippen molar-refractivity contribution in [3.05, 3.63) is 238 Å². The quantitative estimate of drug-likeness (QED) is 0.116. The Balaban J connectivity index is 0.000000616. The van der Waals surface area contributed by atoms with Gasteiger partial charge in [-0.1, -0.05) is 211 Å². The van der Waals surface area contributed by atoms with Crippen molar-refractivity contribution in [3.63, 3.8) is 0 Å². The highest BCUT2D eigenvalue weighted by atomic mass is 15.1. The van der Waals surface area contributed by atoms with Crippen LogP contribution < -0.4 is 15.5 Å². The SMILES string of the molecule is C=C/C=C\C.C=CC.CCC.CCC.CN.CN(c1ccc(-c2ccc(N(c3ccc(-c4ccccc4)cc3)c3ccc(-c4ccccc4)cc3)cc2)cc1)c1ccc2ccccc2c1. The molecule has 0 unspecified atom stereocenters. The fourth-order valence-corrected chi connectivity index (χ4v) is 6.67. The maximum atomic E-state index is 4.50. The van der Waals surface area contributed by atoms with Crippen LogP contribution in [0, 0.1) is 0 Å². The molecule has 0 bridgehead atoms. The highest BCUT2D eigenvalue weighted by molar-refractivity contribution is 5.87. The fraction of sp³-hybridized carbons (Fsp3) is 0.161. The number of benzene rings is 8. The topological polar surface area (TPSA) is 32.5 Å². The van der Waals surface area contributed by atoms with Crippen LogP contribution in [0.3, 0.4) is 0 Å². The van der Waals surface area contributed by atoms with E-state index in [-0.39, 0.29) is 0 Å². The molecular formula is C62H71N3. The lowest BCUT2D eigenvalue weighted by Gasteiger charge is -2.26. The predicted molar refractivity (Wildman–Crippen MR) is 292 cm³/mol. The third kappa shape index (κ3) is 16.1. The minimum Gasteiger partial charge on any atom is -0.345 e. The van der Waals surface area contributed by atoms with Crippen LogP contribution in [0.5, 0.6) is 0 Å². The highest BCUT2D eigenvalue weighted by Crippen LogP contribution is 2.38. The summed E-state index contributed by atoms with van der Waals surface area (Å²) in [7, 11) is 3.63. The molecule has 3 nitrogen and oxygen atoms in total. The minimum absolute atomic E-state index is 1.11. The summed E-state index contributed by atoms with van der Waals surface area (Å²) in [6.45, 7) is 19.2. The van der Waals surface area contributed by atoms with E-state index in [2.05, 4.69) is 264 Å². The van der Waals surface area contributed by atoms with Gasteiger partial charge in [0.25, 0.3) is 0 Å². The summed E-state index contributed by atoms with van der Waals surface area (Å²) in [4.78, 5) is 4.57. The van der Waals surface area contributed by atoms with Crippen LogP contribution in [-0.2, 0) is 0 Å². The second kappa shape index (κ2) is 30.0. The minimum atomic E-state index is 1.11. The van der Waals surface area contributed by atoms with Crippen molar-refractivity contribution in [1.29, 1.82) is 0 Å². The molecular weight excluding hydrogens is 787 g/mol. The Morgan fingerprint density at radius 2 is 0.692 bits per heavy atom. The number of rotatable bonds is 9. The highest BCUT2D eigenvalue weighted by Gasteiger charge is 2.14. The second-order valence-corrected chi connectivity index (χ2v) is 14.9. The number of hydrogen-bond donors (Lipinski definition) is 1. The maximum Gasteiger partial charge on any atom is 0.0462 e. The molecule has 8 aromatic rings. The Kier molecular flexibility index (Phi) is 24.1. The van der Waals surface area contributed by atoms with Crippen molar-refractivity contribution in [1.82, 2.24) is 0 Å². The van der Waals surface area contributed by atoms with Gasteiger partial charge < -0.3 is 15.5 Å². The molecule has 0 aliphatic rings. The largest absolute Gasteiger partial charge is 0.345 e. The van der Waals surface area contributed by atoms with Crippen LogP contribution in [0.1, 0.15) is 54.4 Å². The summed E-state index contributed by atoms with van der Waals surface area (Å²) in [6.07, 6.45) is 9.83. The van der Waals surface area contributed by atoms with Gasteiger partial charge >= 0.3 is 0 Å². The van der Waals surface area contributed by atoms with Crippen LogP contribution in [-0.4, -0.2) is 14.1 Å². The molecule has 0 aliphatic carbocycles.